The quantitative estimate of drug-likeness (QED) is 0.0946. The van der Waals surface area contributed by atoms with Gasteiger partial charge in [0.1, 0.15) is 46.4 Å². The molecule has 5 aliphatic rings. The monoisotopic (exact) mass is 908 g/mol. The molecule has 2 aliphatic heterocycles. The Kier molecular flexibility index (Phi) is 13.6. The SMILES string of the molecule is CC(C)(C)OC(=O)Cn1cnc(C(NC(=O)OC(C)(C)C)C(=O)N2CC(Oc3ccc(CCB4O[C@@H]5C[C@@H]6C[C@@H](C6(C)C)[C@]5(C)O4)c(OC(=O)OC(C)(C)C)c3C(=O)OC(C)(C)C)C2)c1. The maximum absolute atomic E-state index is 14.2. The van der Waals surface area contributed by atoms with E-state index in [1.54, 1.807) is 95.2 Å². The van der Waals surface area contributed by atoms with E-state index in [1.807, 2.05) is 0 Å². The molecule has 358 valence electrons. The van der Waals surface area contributed by atoms with E-state index in [2.05, 4.69) is 31.1 Å². The smallest absolute Gasteiger partial charge is 0.486 e. The number of carbonyl (C=O) groups excluding carboxylic acids is 5. The summed E-state index contributed by atoms with van der Waals surface area (Å²) < 4.78 is 49.3. The average molecular weight is 909 g/mol. The highest BCUT2D eigenvalue weighted by Crippen LogP contribution is 2.65. The fraction of sp³-hybridized carbons (Fsp3) is 0.702. The lowest BCUT2D eigenvalue weighted by molar-refractivity contribution is -0.199. The van der Waals surface area contributed by atoms with Gasteiger partial charge < -0.3 is 52.5 Å². The Bertz CT molecular complexity index is 2140. The first-order chi connectivity index (χ1) is 29.8. The second kappa shape index (κ2) is 17.8. The number of hydrogen-bond acceptors (Lipinski definition) is 14. The zero-order chi connectivity index (χ0) is 48.2. The van der Waals surface area contributed by atoms with E-state index in [0.717, 1.165) is 12.8 Å². The van der Waals surface area contributed by atoms with Gasteiger partial charge in [-0.25, -0.2) is 19.4 Å². The van der Waals surface area contributed by atoms with Crippen LogP contribution < -0.4 is 14.8 Å². The van der Waals surface area contributed by atoms with E-state index in [4.69, 9.17) is 37.7 Å². The summed E-state index contributed by atoms with van der Waals surface area (Å²) in [6.45, 7) is 27.4. The van der Waals surface area contributed by atoms with Crippen molar-refractivity contribution in [2.45, 2.75) is 182 Å². The Balaban J connectivity index is 1.23. The molecule has 17 nitrogen and oxygen atoms in total. The van der Waals surface area contributed by atoms with Gasteiger partial charge in [0.05, 0.1) is 36.8 Å². The summed E-state index contributed by atoms with van der Waals surface area (Å²) in [5.74, 6) is -0.856. The van der Waals surface area contributed by atoms with Crippen LogP contribution in [0, 0.1) is 17.3 Å². The molecule has 3 heterocycles. The van der Waals surface area contributed by atoms with Gasteiger partial charge >= 0.3 is 31.3 Å². The molecule has 7 rings (SSSR count). The molecule has 2 aromatic rings. The minimum Gasteiger partial charge on any atom is -0.486 e. The molecule has 3 saturated carbocycles. The lowest BCUT2D eigenvalue weighted by Gasteiger charge is -2.64. The highest BCUT2D eigenvalue weighted by Gasteiger charge is 2.67. The molecule has 1 aromatic heterocycles. The van der Waals surface area contributed by atoms with Gasteiger partial charge in [-0.3, -0.25) is 9.59 Å². The van der Waals surface area contributed by atoms with Gasteiger partial charge in [0, 0.05) is 6.20 Å². The molecule has 1 aromatic carbocycles. The van der Waals surface area contributed by atoms with Crippen LogP contribution in [-0.4, -0.2) is 105 Å². The fourth-order valence-corrected chi connectivity index (χ4v) is 9.12. The van der Waals surface area contributed by atoms with Crippen LogP contribution in [0.3, 0.4) is 0 Å². The minimum atomic E-state index is -1.28. The zero-order valence-corrected chi connectivity index (χ0v) is 40.9. The van der Waals surface area contributed by atoms with Crippen molar-refractivity contribution in [2.75, 3.05) is 13.1 Å². The largest absolute Gasteiger partial charge is 0.514 e. The first-order valence-electron chi connectivity index (χ1n) is 22.6. The molecule has 5 fully saturated rings. The molecule has 2 bridgehead atoms. The van der Waals surface area contributed by atoms with Gasteiger partial charge in [0.25, 0.3) is 5.91 Å². The summed E-state index contributed by atoms with van der Waals surface area (Å²) >= 11 is 0. The van der Waals surface area contributed by atoms with Crippen LogP contribution in [0.25, 0.3) is 0 Å². The van der Waals surface area contributed by atoms with Gasteiger partial charge in [0.15, 0.2) is 11.8 Å². The molecule has 1 N–H and O–H groups in total. The van der Waals surface area contributed by atoms with Gasteiger partial charge in [-0.1, -0.05) is 19.9 Å². The third kappa shape index (κ3) is 12.0. The summed E-state index contributed by atoms with van der Waals surface area (Å²) in [6.07, 6.45) is 3.12. The van der Waals surface area contributed by atoms with Gasteiger partial charge in [-0.2, -0.15) is 0 Å². The number of aryl methyl sites for hydroxylation is 1. The number of amides is 2. The van der Waals surface area contributed by atoms with Crippen LogP contribution in [-0.2, 0) is 50.8 Å². The predicted octanol–water partition coefficient (Wildman–Crippen LogP) is 7.62. The number of nitrogens with zero attached hydrogens (tertiary/aromatic N) is 3. The number of imidazole rings is 1. The molecular formula is C47H69BN4O13. The number of benzene rings is 1. The predicted molar refractivity (Wildman–Crippen MR) is 238 cm³/mol. The molecule has 18 heteroatoms. The highest BCUT2D eigenvalue weighted by atomic mass is 16.7. The van der Waals surface area contributed by atoms with Crippen molar-refractivity contribution in [3.8, 4) is 11.5 Å². The van der Waals surface area contributed by atoms with E-state index in [-0.39, 0.29) is 53.9 Å². The van der Waals surface area contributed by atoms with Gasteiger partial charge in [-0.15, -0.1) is 0 Å². The van der Waals surface area contributed by atoms with Gasteiger partial charge in [-0.05, 0) is 144 Å². The van der Waals surface area contributed by atoms with Crippen LogP contribution in [0.2, 0.25) is 6.32 Å². The molecule has 5 atom stereocenters. The van der Waals surface area contributed by atoms with Crippen LogP contribution in [0.4, 0.5) is 9.59 Å². The molecule has 2 amide bonds. The second-order valence-corrected chi connectivity index (χ2v) is 22.6. The molecule has 3 aliphatic carbocycles. The topological polar surface area (TPSA) is 192 Å². The first-order valence-corrected chi connectivity index (χ1v) is 22.6. The number of hydrogen-bond donors (Lipinski definition) is 1. The van der Waals surface area contributed by atoms with E-state index in [0.29, 0.717) is 30.1 Å². The van der Waals surface area contributed by atoms with Crippen LogP contribution in [0.5, 0.6) is 11.5 Å². The molecule has 2 saturated heterocycles. The number of alkyl carbamates (subject to hydrolysis) is 1. The second-order valence-electron chi connectivity index (χ2n) is 22.6. The van der Waals surface area contributed by atoms with Crippen LogP contribution in [0.15, 0.2) is 24.7 Å². The third-order valence-electron chi connectivity index (χ3n) is 12.1. The first kappa shape index (κ1) is 49.6. The van der Waals surface area contributed by atoms with E-state index in [1.165, 1.54) is 22.0 Å². The standard InChI is InChI=1S/C47H69BN4O13/c1-42(2,3)60-34(53)25-51-24-30(49-26-51)36(50-40(56)62-44(7,8)9)38(54)52-22-29(23-52)58-31-17-16-27(18-19-48-64-33-21-28-20-32(46(28,13)14)47(33,15)65-48)37(59-41(57)63-45(10,11)12)35(31)39(55)61-43(4,5)6/h16-17,24,26,28-29,32-33,36H,18-23,25H2,1-15H3,(H,50,56)/t28-,32-,33+,36?,47-/m0/s1. The number of aromatic nitrogens is 2. The molecule has 1 unspecified atom stereocenters. The summed E-state index contributed by atoms with van der Waals surface area (Å²) in [5.41, 5.74) is -3.08. The van der Waals surface area contributed by atoms with Crippen molar-refractivity contribution in [3.05, 3.63) is 41.5 Å². The number of ether oxygens (including phenoxy) is 6. The lowest BCUT2D eigenvalue weighted by Crippen LogP contribution is -2.65. The fourth-order valence-electron chi connectivity index (χ4n) is 9.12. The molecule has 65 heavy (non-hydrogen) atoms. The maximum Gasteiger partial charge on any atom is 0.514 e. The number of esters is 2. The Morgan fingerprint density at radius 2 is 1.49 bits per heavy atom. The number of nitrogens with one attached hydrogen (secondary N) is 1. The zero-order valence-electron chi connectivity index (χ0n) is 40.9. The third-order valence-corrected chi connectivity index (χ3v) is 12.1. The summed E-state index contributed by atoms with van der Waals surface area (Å²) in [4.78, 5) is 73.1. The summed E-state index contributed by atoms with van der Waals surface area (Å²) in [5, 5.41) is 2.63. The summed E-state index contributed by atoms with van der Waals surface area (Å²) in [6, 6.07) is 2.07. The van der Waals surface area contributed by atoms with E-state index >= 15 is 0 Å². The number of carbonyl (C=O) groups is 5. The van der Waals surface area contributed by atoms with Gasteiger partial charge in [0.2, 0.25) is 0 Å². The normalized spacial score (nSPS) is 23.3. The Morgan fingerprint density at radius 1 is 0.862 bits per heavy atom. The lowest BCUT2D eigenvalue weighted by atomic mass is 9.43. The van der Waals surface area contributed by atoms with E-state index < -0.39 is 77.4 Å². The molecular weight excluding hydrogens is 839 g/mol. The van der Waals surface area contributed by atoms with Crippen molar-refractivity contribution < 1.29 is 61.7 Å². The highest BCUT2D eigenvalue weighted by molar-refractivity contribution is 6.45. The summed E-state index contributed by atoms with van der Waals surface area (Å²) in [7, 11) is -0.513. The van der Waals surface area contributed by atoms with E-state index in [9.17, 15) is 24.0 Å². The van der Waals surface area contributed by atoms with Crippen LogP contribution in [0.1, 0.15) is 144 Å². The molecule has 0 spiro atoms. The molecule has 0 radical (unpaired) electrons. The number of likely N-dealkylation sites (tertiary alicyclic amines) is 1. The van der Waals surface area contributed by atoms with Crippen molar-refractivity contribution in [2.24, 2.45) is 17.3 Å². The Hall–Kier alpha value is -4.84. The van der Waals surface area contributed by atoms with Crippen molar-refractivity contribution in [1.82, 2.24) is 19.8 Å². The van der Waals surface area contributed by atoms with Crippen molar-refractivity contribution in [3.63, 3.8) is 0 Å². The number of rotatable bonds is 12. The minimum absolute atomic E-state index is 0.0198. The maximum atomic E-state index is 14.2. The van der Waals surface area contributed by atoms with Crippen LogP contribution >= 0.6 is 0 Å². The van der Waals surface area contributed by atoms with Crippen molar-refractivity contribution in [1.29, 1.82) is 0 Å². The van der Waals surface area contributed by atoms with Crippen molar-refractivity contribution >= 4 is 37.2 Å². The Morgan fingerprint density at radius 3 is 2.09 bits per heavy atom. The average Bonchev–Trinajstić information content (AvgIpc) is 3.71. The Labute approximate surface area is 383 Å².